The Kier molecular flexibility index (Phi) is 2.98. The molecule has 1 atom stereocenters. The summed E-state index contributed by atoms with van der Waals surface area (Å²) in [7, 11) is 0. The molecular weight excluding hydrogens is 242 g/mol. The molecule has 19 heavy (non-hydrogen) atoms. The average Bonchev–Trinajstić information content (AvgIpc) is 2.95. The van der Waals surface area contributed by atoms with Crippen molar-refractivity contribution in [2.24, 2.45) is 5.73 Å². The number of hydrogen-bond acceptors (Lipinski definition) is 5. The van der Waals surface area contributed by atoms with E-state index >= 15 is 0 Å². The smallest absolute Gasteiger partial charge is 0.246 e. The summed E-state index contributed by atoms with van der Waals surface area (Å²) < 4.78 is 5.04. The molecule has 0 aliphatic carbocycles. The fraction of sp³-hybridized carbons (Fsp3) is 0.143. The van der Waals surface area contributed by atoms with Gasteiger partial charge in [0.25, 0.3) is 0 Å². The average molecular weight is 255 g/mol. The normalized spacial score (nSPS) is 12.7. The molecule has 5 heteroatoms. The number of aliphatic hydroxyl groups excluding tert-OH is 1. The van der Waals surface area contributed by atoms with Crippen LogP contribution in [0.15, 0.2) is 47.0 Å². The van der Waals surface area contributed by atoms with Crippen molar-refractivity contribution in [3.63, 3.8) is 0 Å². The summed E-state index contributed by atoms with van der Waals surface area (Å²) in [5, 5.41) is 15.1. The number of nitrogens with zero attached hydrogens (tertiary/aromatic N) is 2. The van der Waals surface area contributed by atoms with Gasteiger partial charge in [-0.3, -0.25) is 0 Å². The second-order valence-corrected chi connectivity index (χ2v) is 4.31. The Morgan fingerprint density at radius 1 is 1.16 bits per heavy atom. The topological polar surface area (TPSA) is 85.2 Å². The van der Waals surface area contributed by atoms with Gasteiger partial charge in [0, 0.05) is 5.56 Å². The van der Waals surface area contributed by atoms with E-state index in [0.29, 0.717) is 5.82 Å². The van der Waals surface area contributed by atoms with E-state index in [4.69, 9.17) is 15.4 Å². The van der Waals surface area contributed by atoms with Crippen LogP contribution >= 0.6 is 0 Å². The Hall–Kier alpha value is -2.24. The lowest BCUT2D eigenvalue weighted by Crippen LogP contribution is -2.14. The van der Waals surface area contributed by atoms with Crippen molar-refractivity contribution in [2.75, 3.05) is 6.61 Å². The number of rotatable bonds is 3. The first kappa shape index (κ1) is 11.8. The quantitative estimate of drug-likeness (QED) is 0.746. The maximum absolute atomic E-state index is 8.96. The Morgan fingerprint density at radius 2 is 1.95 bits per heavy atom. The van der Waals surface area contributed by atoms with Crippen molar-refractivity contribution in [3.05, 3.63) is 48.4 Å². The van der Waals surface area contributed by atoms with Gasteiger partial charge >= 0.3 is 0 Å². The molecule has 0 fully saturated rings. The monoisotopic (exact) mass is 255 g/mol. The number of hydrogen-bond donors (Lipinski definition) is 2. The van der Waals surface area contributed by atoms with Crippen LogP contribution in [0.25, 0.3) is 22.2 Å². The number of fused-ring (bicyclic) bond motifs is 1. The van der Waals surface area contributed by atoms with Crippen LogP contribution in [-0.4, -0.2) is 21.9 Å². The minimum Gasteiger partial charge on any atom is -0.394 e. The Morgan fingerprint density at radius 3 is 2.74 bits per heavy atom. The molecule has 0 radical (unpaired) electrons. The van der Waals surface area contributed by atoms with E-state index in [9.17, 15) is 0 Å². The lowest BCUT2D eigenvalue weighted by Gasteiger charge is -2.00. The second kappa shape index (κ2) is 4.79. The fourth-order valence-electron chi connectivity index (χ4n) is 1.91. The first-order chi connectivity index (χ1) is 9.28. The van der Waals surface area contributed by atoms with Gasteiger partial charge in [-0.2, -0.15) is 4.98 Å². The zero-order valence-electron chi connectivity index (χ0n) is 10.2. The van der Waals surface area contributed by atoms with E-state index in [1.54, 1.807) is 0 Å². The van der Waals surface area contributed by atoms with Gasteiger partial charge < -0.3 is 15.4 Å². The summed E-state index contributed by atoms with van der Waals surface area (Å²) in [6.07, 6.45) is 0. The van der Waals surface area contributed by atoms with Crippen LogP contribution in [0.4, 0.5) is 0 Å². The maximum atomic E-state index is 8.96. The number of nitrogens with two attached hydrogens (primary N) is 1. The van der Waals surface area contributed by atoms with Gasteiger partial charge in [0.1, 0.15) is 6.04 Å². The van der Waals surface area contributed by atoms with Gasteiger partial charge in [0.05, 0.1) is 6.61 Å². The Bertz CT molecular complexity index is 708. The SMILES string of the molecule is NC(CO)c1nc(-c2ccc3ccccc3c2)no1. The van der Waals surface area contributed by atoms with Gasteiger partial charge in [-0.25, -0.2) is 0 Å². The second-order valence-electron chi connectivity index (χ2n) is 4.31. The van der Waals surface area contributed by atoms with Crippen LogP contribution in [-0.2, 0) is 0 Å². The van der Waals surface area contributed by atoms with Crippen molar-refractivity contribution in [1.29, 1.82) is 0 Å². The van der Waals surface area contributed by atoms with Crippen molar-refractivity contribution < 1.29 is 9.63 Å². The summed E-state index contributed by atoms with van der Waals surface area (Å²) in [6.45, 7) is -0.223. The molecular formula is C14H13N3O2. The lowest BCUT2D eigenvalue weighted by molar-refractivity contribution is 0.237. The van der Waals surface area contributed by atoms with Crippen LogP contribution in [0, 0.1) is 0 Å². The van der Waals surface area contributed by atoms with Crippen molar-refractivity contribution in [3.8, 4) is 11.4 Å². The summed E-state index contributed by atoms with van der Waals surface area (Å²) >= 11 is 0. The molecule has 0 saturated heterocycles. The molecule has 5 nitrogen and oxygen atoms in total. The Labute approximate surface area is 109 Å². The van der Waals surface area contributed by atoms with Crippen LogP contribution in [0.1, 0.15) is 11.9 Å². The Balaban J connectivity index is 2.01. The van der Waals surface area contributed by atoms with E-state index in [2.05, 4.69) is 10.1 Å². The van der Waals surface area contributed by atoms with Crippen LogP contribution in [0.2, 0.25) is 0 Å². The molecule has 0 spiro atoms. The predicted molar refractivity (Wildman–Crippen MR) is 71.3 cm³/mol. The van der Waals surface area contributed by atoms with E-state index in [1.165, 1.54) is 0 Å². The van der Waals surface area contributed by atoms with E-state index < -0.39 is 6.04 Å². The lowest BCUT2D eigenvalue weighted by atomic mass is 10.1. The van der Waals surface area contributed by atoms with Crippen molar-refractivity contribution >= 4 is 10.8 Å². The molecule has 1 unspecified atom stereocenters. The summed E-state index contributed by atoms with van der Waals surface area (Å²) in [5.41, 5.74) is 6.49. The minimum absolute atomic E-state index is 0.223. The van der Waals surface area contributed by atoms with Gasteiger partial charge in [0.15, 0.2) is 0 Å². The highest BCUT2D eigenvalue weighted by Crippen LogP contribution is 2.23. The highest BCUT2D eigenvalue weighted by atomic mass is 16.5. The molecule has 3 aromatic rings. The van der Waals surface area contributed by atoms with Crippen molar-refractivity contribution in [2.45, 2.75) is 6.04 Å². The first-order valence-corrected chi connectivity index (χ1v) is 5.97. The molecule has 2 aromatic carbocycles. The molecule has 0 saturated carbocycles. The fourth-order valence-corrected chi connectivity index (χ4v) is 1.91. The third-order valence-electron chi connectivity index (χ3n) is 2.96. The summed E-state index contributed by atoms with van der Waals surface area (Å²) in [5.74, 6) is 0.718. The van der Waals surface area contributed by atoms with Crippen LogP contribution < -0.4 is 5.73 Å². The van der Waals surface area contributed by atoms with Gasteiger partial charge in [-0.15, -0.1) is 0 Å². The highest BCUT2D eigenvalue weighted by Gasteiger charge is 2.14. The maximum Gasteiger partial charge on any atom is 0.246 e. The minimum atomic E-state index is -0.637. The molecule has 0 aliphatic rings. The van der Waals surface area contributed by atoms with Gasteiger partial charge in [-0.05, 0) is 16.8 Å². The number of aromatic nitrogens is 2. The summed E-state index contributed by atoms with van der Waals surface area (Å²) in [6, 6.07) is 13.3. The molecule has 1 heterocycles. The zero-order valence-corrected chi connectivity index (χ0v) is 10.2. The summed E-state index contributed by atoms with van der Waals surface area (Å²) in [4.78, 5) is 4.20. The molecule has 0 bridgehead atoms. The number of benzene rings is 2. The zero-order chi connectivity index (χ0) is 13.2. The van der Waals surface area contributed by atoms with E-state index in [-0.39, 0.29) is 12.5 Å². The standard InChI is InChI=1S/C14H13N3O2/c15-12(8-18)14-16-13(17-19-14)11-6-5-9-3-1-2-4-10(9)7-11/h1-7,12,18H,8,15H2. The third-order valence-corrected chi connectivity index (χ3v) is 2.96. The molecule has 3 N–H and O–H groups in total. The molecule has 0 aliphatic heterocycles. The third kappa shape index (κ3) is 2.21. The molecule has 1 aromatic heterocycles. The van der Waals surface area contributed by atoms with Crippen LogP contribution in [0.5, 0.6) is 0 Å². The van der Waals surface area contributed by atoms with E-state index in [0.717, 1.165) is 16.3 Å². The van der Waals surface area contributed by atoms with Crippen LogP contribution in [0.3, 0.4) is 0 Å². The molecule has 96 valence electrons. The van der Waals surface area contributed by atoms with E-state index in [1.807, 2.05) is 42.5 Å². The van der Waals surface area contributed by atoms with Gasteiger partial charge in [-0.1, -0.05) is 41.6 Å². The predicted octanol–water partition coefficient (Wildman–Crippen LogP) is 1.88. The number of aliphatic hydroxyl groups is 1. The first-order valence-electron chi connectivity index (χ1n) is 5.97. The molecule has 0 amide bonds. The highest BCUT2D eigenvalue weighted by molar-refractivity contribution is 5.86. The van der Waals surface area contributed by atoms with Crippen molar-refractivity contribution in [1.82, 2.24) is 10.1 Å². The largest absolute Gasteiger partial charge is 0.394 e. The van der Waals surface area contributed by atoms with Gasteiger partial charge in [0.2, 0.25) is 11.7 Å². The molecule has 3 rings (SSSR count).